The van der Waals surface area contributed by atoms with Gasteiger partial charge in [0.05, 0.1) is 41.8 Å². The number of nitrogens with zero attached hydrogens (tertiary/aromatic N) is 7. The summed E-state index contributed by atoms with van der Waals surface area (Å²) in [5, 5.41) is 18.1. The first kappa shape index (κ1) is 36.4. The average Bonchev–Trinajstić information content (AvgIpc) is 3.78. The molecule has 2 aromatic carbocycles. The van der Waals surface area contributed by atoms with Crippen LogP contribution >= 0.6 is 0 Å². The lowest BCUT2D eigenvalue weighted by Crippen LogP contribution is -2.58. The molecule has 0 unspecified atom stereocenters. The summed E-state index contributed by atoms with van der Waals surface area (Å²) in [6, 6.07) is 13.3. The van der Waals surface area contributed by atoms with Gasteiger partial charge in [-0.3, -0.25) is 0 Å². The molecule has 1 N–H and O–H groups in total. The van der Waals surface area contributed by atoms with Gasteiger partial charge in [0.15, 0.2) is 6.20 Å². The van der Waals surface area contributed by atoms with E-state index in [4.69, 9.17) is 24.5 Å². The van der Waals surface area contributed by atoms with E-state index in [1.54, 1.807) is 0 Å². The molecule has 0 amide bonds. The fourth-order valence-electron chi connectivity index (χ4n) is 8.63. The van der Waals surface area contributed by atoms with Crippen LogP contribution in [-0.2, 0) is 29.1 Å². The maximum absolute atomic E-state index is 6.53. The fraction of sp³-hybridized carbons (Fsp3) is 0.591. The highest BCUT2D eigenvalue weighted by Gasteiger charge is 2.40. The van der Waals surface area contributed by atoms with E-state index in [1.807, 2.05) is 4.68 Å². The summed E-state index contributed by atoms with van der Waals surface area (Å²) in [5.41, 5.74) is 7.83. The van der Waals surface area contributed by atoms with Crippen molar-refractivity contribution in [2.45, 2.75) is 116 Å². The molecule has 5 aliphatic rings. The van der Waals surface area contributed by atoms with E-state index < -0.39 is 0 Å². The minimum atomic E-state index is 0.00817. The summed E-state index contributed by atoms with van der Waals surface area (Å²) < 4.78 is 25.0. The van der Waals surface area contributed by atoms with E-state index in [-0.39, 0.29) is 18.3 Å². The van der Waals surface area contributed by atoms with E-state index >= 15 is 0 Å². The Labute approximate surface area is 325 Å². The highest BCUT2D eigenvalue weighted by Crippen LogP contribution is 2.38. The third kappa shape index (κ3) is 8.62. The van der Waals surface area contributed by atoms with Gasteiger partial charge >= 0.3 is 0 Å². The van der Waals surface area contributed by atoms with E-state index in [9.17, 15) is 0 Å². The van der Waals surface area contributed by atoms with Crippen molar-refractivity contribution in [1.82, 2.24) is 30.2 Å². The largest absolute Gasteiger partial charge is 0.490 e. The summed E-state index contributed by atoms with van der Waals surface area (Å²) in [6.07, 6.45) is 16.2. The molecule has 4 aliphatic heterocycles. The number of piperidine rings is 1. The molecule has 11 heteroatoms. The Hall–Kier alpha value is -4.24. The molecule has 6 heterocycles. The van der Waals surface area contributed by atoms with Gasteiger partial charge in [-0.05, 0) is 114 Å². The van der Waals surface area contributed by atoms with Gasteiger partial charge in [0.25, 0.3) is 0 Å². The molecule has 2 atom stereocenters. The number of aromatic nitrogens is 6. The Kier molecular flexibility index (Phi) is 10.6. The number of nitrogens with one attached hydrogen (secondary N) is 1. The number of hydrogen-bond acceptors (Lipinski definition) is 8. The first-order valence-corrected chi connectivity index (χ1v) is 21.0. The van der Waals surface area contributed by atoms with Gasteiger partial charge in [-0.25, -0.2) is 4.68 Å². The first-order valence-electron chi connectivity index (χ1n) is 21.0. The highest BCUT2D eigenvalue weighted by atomic mass is 16.5. The SMILES string of the molecule is CC(C)Oc1cc(C#CC2CC2)ccc1-c1c[n+](C[C@H]2CCCCO2)nn1Cc1cc(N2CCC3(CC2)CNC3)ccc1-c1cn(C[C@H]2CCCCO2)nn1. The normalized spacial score (nSPS) is 22.3. The lowest BCUT2D eigenvalue weighted by molar-refractivity contribution is -0.761. The lowest BCUT2D eigenvalue weighted by Gasteiger charge is -2.49. The Balaban J connectivity index is 1.09. The van der Waals surface area contributed by atoms with Gasteiger partial charge < -0.3 is 24.4 Å². The van der Waals surface area contributed by atoms with E-state index in [0.29, 0.717) is 24.4 Å². The van der Waals surface area contributed by atoms with Crippen molar-refractivity contribution in [2.24, 2.45) is 11.3 Å². The number of ether oxygens (including phenoxy) is 3. The van der Waals surface area contributed by atoms with Crippen LogP contribution < -0.4 is 19.6 Å². The molecule has 11 nitrogen and oxygen atoms in total. The fourth-order valence-corrected chi connectivity index (χ4v) is 8.63. The van der Waals surface area contributed by atoms with Crippen LogP contribution in [0.1, 0.15) is 89.2 Å². The van der Waals surface area contributed by atoms with Crippen LogP contribution in [0.5, 0.6) is 5.75 Å². The molecule has 1 spiro atoms. The molecule has 1 aliphatic carbocycles. The molecular formula is C44H57N8O3+. The highest BCUT2D eigenvalue weighted by molar-refractivity contribution is 5.70. The summed E-state index contributed by atoms with van der Waals surface area (Å²) >= 11 is 0. The van der Waals surface area contributed by atoms with Crippen molar-refractivity contribution < 1.29 is 18.9 Å². The Morgan fingerprint density at radius 1 is 0.945 bits per heavy atom. The molecule has 4 saturated heterocycles. The quantitative estimate of drug-likeness (QED) is 0.147. The maximum Gasteiger partial charge on any atom is 0.201 e. The summed E-state index contributed by atoms with van der Waals surface area (Å²) in [7, 11) is 0. The third-order valence-corrected chi connectivity index (χ3v) is 12.1. The Morgan fingerprint density at radius 3 is 2.44 bits per heavy atom. The van der Waals surface area contributed by atoms with Crippen molar-refractivity contribution in [3.63, 3.8) is 0 Å². The summed E-state index contributed by atoms with van der Waals surface area (Å²) in [5.74, 6) is 8.20. The Morgan fingerprint density at radius 2 is 1.73 bits per heavy atom. The molecular weight excluding hydrogens is 689 g/mol. The van der Waals surface area contributed by atoms with E-state index in [2.05, 4.69) is 99.3 Å². The van der Waals surface area contributed by atoms with Crippen LogP contribution in [0, 0.1) is 23.2 Å². The van der Waals surface area contributed by atoms with Gasteiger partial charge in [0, 0.05) is 67.7 Å². The minimum Gasteiger partial charge on any atom is -0.490 e. The van der Waals surface area contributed by atoms with Crippen LogP contribution in [0.4, 0.5) is 5.69 Å². The zero-order chi connectivity index (χ0) is 37.2. The second-order valence-corrected chi connectivity index (χ2v) is 16.9. The zero-order valence-electron chi connectivity index (χ0n) is 32.7. The van der Waals surface area contributed by atoms with Crippen LogP contribution in [-0.4, -0.2) is 82.6 Å². The summed E-state index contributed by atoms with van der Waals surface area (Å²) in [4.78, 5) is 2.56. The monoisotopic (exact) mass is 745 g/mol. The number of hydrogen-bond donors (Lipinski definition) is 1. The predicted octanol–water partition coefficient (Wildman–Crippen LogP) is 6.02. The van der Waals surface area contributed by atoms with Crippen molar-refractivity contribution in [1.29, 1.82) is 0 Å². The van der Waals surface area contributed by atoms with Crippen molar-refractivity contribution >= 4 is 5.69 Å². The van der Waals surface area contributed by atoms with Gasteiger partial charge in [-0.1, -0.05) is 23.1 Å². The van der Waals surface area contributed by atoms with E-state index in [0.717, 1.165) is 111 Å². The van der Waals surface area contributed by atoms with Gasteiger partial charge in [-0.15, -0.1) is 14.5 Å². The Bertz CT molecular complexity index is 2000. The second kappa shape index (κ2) is 16.1. The van der Waals surface area contributed by atoms with Gasteiger partial charge in [0.2, 0.25) is 5.69 Å². The molecule has 290 valence electrons. The van der Waals surface area contributed by atoms with Crippen LogP contribution in [0.15, 0.2) is 48.8 Å². The molecule has 0 radical (unpaired) electrons. The smallest absolute Gasteiger partial charge is 0.201 e. The lowest BCUT2D eigenvalue weighted by atomic mass is 9.73. The third-order valence-electron chi connectivity index (χ3n) is 12.1. The molecule has 0 bridgehead atoms. The minimum absolute atomic E-state index is 0.00817. The van der Waals surface area contributed by atoms with Gasteiger partial charge in [0.1, 0.15) is 24.5 Å². The number of rotatable bonds is 11. The van der Waals surface area contributed by atoms with Crippen molar-refractivity contribution in [3.8, 4) is 40.1 Å². The summed E-state index contributed by atoms with van der Waals surface area (Å²) in [6.45, 7) is 12.2. The standard InChI is InChI=1S/C44H57N8O3/c1-32(2)55-43-23-34(12-11-33-9-10-33)13-15-40(43)42-29-51(27-38-8-4-6-22-54-38)48-52(42)25-35-24-36(49-19-17-44(18-20-49)30-45-31-44)14-16-39(35)41-28-50(47-46-41)26-37-7-3-5-21-53-37/h13-16,23-24,28-29,32-33,37-38,45H,3-10,17-22,25-27,30-31H2,1-2H3/q+1/t37-,38-/m1/s1. The molecule has 55 heavy (non-hydrogen) atoms. The topological polar surface area (TPSA) is 95.4 Å². The van der Waals surface area contributed by atoms with Gasteiger partial charge in [-0.2, -0.15) is 0 Å². The van der Waals surface area contributed by atoms with Crippen molar-refractivity contribution in [3.05, 3.63) is 59.9 Å². The van der Waals surface area contributed by atoms with Crippen molar-refractivity contribution in [2.75, 3.05) is 44.3 Å². The first-order chi connectivity index (χ1) is 26.9. The van der Waals surface area contributed by atoms with E-state index in [1.165, 1.54) is 44.2 Å². The molecule has 1 saturated carbocycles. The second-order valence-electron chi connectivity index (χ2n) is 16.9. The zero-order valence-corrected chi connectivity index (χ0v) is 32.7. The van der Waals surface area contributed by atoms with Crippen LogP contribution in [0.2, 0.25) is 0 Å². The van der Waals surface area contributed by atoms with Crippen LogP contribution in [0.25, 0.3) is 22.5 Å². The number of benzene rings is 2. The molecule has 5 fully saturated rings. The molecule has 2 aromatic heterocycles. The van der Waals surface area contributed by atoms with Crippen LogP contribution in [0.3, 0.4) is 0 Å². The average molecular weight is 746 g/mol. The maximum atomic E-state index is 6.53. The molecule has 4 aromatic rings. The molecule has 9 rings (SSSR count). The number of anilines is 1. The predicted molar refractivity (Wildman–Crippen MR) is 212 cm³/mol.